The number of benzene rings is 1. The summed E-state index contributed by atoms with van der Waals surface area (Å²) >= 11 is 0. The van der Waals surface area contributed by atoms with Crippen molar-refractivity contribution in [3.8, 4) is 11.5 Å². The number of aryl methyl sites for hydroxylation is 1. The second-order valence-electron chi connectivity index (χ2n) is 8.64. The van der Waals surface area contributed by atoms with Crippen LogP contribution in [-0.2, 0) is 16.1 Å². The van der Waals surface area contributed by atoms with Crippen LogP contribution in [0.5, 0.6) is 0 Å². The molecule has 0 radical (unpaired) electrons. The molecule has 4 aliphatic carbocycles. The van der Waals surface area contributed by atoms with Crippen LogP contribution in [0.2, 0.25) is 0 Å². The molecule has 0 spiro atoms. The standard InChI is InChI=1S/C21H24N2O3/c1-13-3-2-4-17(5-13)19-23-22-18(26-19)12-25-20(24)21-9-14-6-15(10-21)8-16(7-14)11-21/h2-5,14-16H,6-12H2,1H3. The lowest BCUT2D eigenvalue weighted by atomic mass is 9.49. The normalized spacial score (nSPS) is 32.0. The van der Waals surface area contributed by atoms with E-state index in [-0.39, 0.29) is 18.0 Å². The van der Waals surface area contributed by atoms with Crippen LogP contribution >= 0.6 is 0 Å². The zero-order chi connectivity index (χ0) is 17.7. The van der Waals surface area contributed by atoms with Gasteiger partial charge in [-0.15, -0.1) is 10.2 Å². The number of carbonyl (C=O) groups is 1. The lowest BCUT2D eigenvalue weighted by molar-refractivity contribution is -0.173. The van der Waals surface area contributed by atoms with Crippen molar-refractivity contribution in [1.29, 1.82) is 0 Å². The molecule has 26 heavy (non-hydrogen) atoms. The van der Waals surface area contributed by atoms with E-state index in [2.05, 4.69) is 10.2 Å². The highest BCUT2D eigenvalue weighted by molar-refractivity contribution is 5.77. The maximum Gasteiger partial charge on any atom is 0.312 e. The van der Waals surface area contributed by atoms with Gasteiger partial charge in [0.2, 0.25) is 5.89 Å². The van der Waals surface area contributed by atoms with Crippen LogP contribution in [0.4, 0.5) is 0 Å². The summed E-state index contributed by atoms with van der Waals surface area (Å²) in [6.07, 6.45) is 6.98. The topological polar surface area (TPSA) is 65.2 Å². The first-order valence-corrected chi connectivity index (χ1v) is 9.66. The van der Waals surface area contributed by atoms with Gasteiger partial charge in [0.1, 0.15) is 0 Å². The van der Waals surface area contributed by atoms with Crippen molar-refractivity contribution < 1.29 is 13.9 Å². The number of rotatable bonds is 4. The summed E-state index contributed by atoms with van der Waals surface area (Å²) < 4.78 is 11.3. The van der Waals surface area contributed by atoms with E-state index in [9.17, 15) is 4.79 Å². The van der Waals surface area contributed by atoms with E-state index in [1.807, 2.05) is 31.2 Å². The van der Waals surface area contributed by atoms with Crippen LogP contribution in [0.3, 0.4) is 0 Å². The molecule has 1 heterocycles. The Labute approximate surface area is 153 Å². The summed E-state index contributed by atoms with van der Waals surface area (Å²) in [4.78, 5) is 12.9. The zero-order valence-corrected chi connectivity index (χ0v) is 15.1. The average Bonchev–Trinajstić information content (AvgIpc) is 3.07. The summed E-state index contributed by atoms with van der Waals surface area (Å²) in [5, 5.41) is 8.14. The van der Waals surface area contributed by atoms with Crippen molar-refractivity contribution in [2.24, 2.45) is 23.2 Å². The monoisotopic (exact) mass is 352 g/mol. The number of hydrogen-bond donors (Lipinski definition) is 0. The third-order valence-electron chi connectivity index (χ3n) is 6.53. The van der Waals surface area contributed by atoms with E-state index in [0.29, 0.717) is 11.8 Å². The summed E-state index contributed by atoms with van der Waals surface area (Å²) in [7, 11) is 0. The fourth-order valence-corrected chi connectivity index (χ4v) is 5.85. The highest BCUT2D eigenvalue weighted by Gasteiger charge is 2.55. The van der Waals surface area contributed by atoms with Crippen LogP contribution in [-0.4, -0.2) is 16.2 Å². The molecule has 6 rings (SSSR count). The fraction of sp³-hybridized carbons (Fsp3) is 0.571. The SMILES string of the molecule is Cc1cccc(-c2nnc(COC(=O)C34CC5CC(CC(C5)C3)C4)o2)c1. The maximum atomic E-state index is 12.9. The Hall–Kier alpha value is -2.17. The van der Waals surface area contributed by atoms with Gasteiger partial charge < -0.3 is 9.15 Å². The predicted octanol–water partition coefficient (Wildman–Crippen LogP) is 4.30. The molecule has 1 aromatic heterocycles. The first-order valence-electron chi connectivity index (χ1n) is 9.66. The van der Waals surface area contributed by atoms with Crippen LogP contribution < -0.4 is 0 Å². The number of aromatic nitrogens is 2. The molecule has 0 unspecified atom stereocenters. The van der Waals surface area contributed by atoms with Crippen LogP contribution in [0.1, 0.15) is 50.0 Å². The van der Waals surface area contributed by atoms with Gasteiger partial charge in [-0.1, -0.05) is 17.7 Å². The van der Waals surface area contributed by atoms with E-state index >= 15 is 0 Å². The van der Waals surface area contributed by atoms with Gasteiger partial charge >= 0.3 is 5.97 Å². The molecule has 0 aliphatic heterocycles. The van der Waals surface area contributed by atoms with Gasteiger partial charge in [-0.2, -0.15) is 0 Å². The van der Waals surface area contributed by atoms with Gasteiger partial charge in [0.25, 0.3) is 5.89 Å². The van der Waals surface area contributed by atoms with Crippen molar-refractivity contribution in [3.63, 3.8) is 0 Å². The van der Waals surface area contributed by atoms with E-state index in [4.69, 9.17) is 9.15 Å². The Morgan fingerprint density at radius 3 is 2.50 bits per heavy atom. The third kappa shape index (κ3) is 2.74. The highest BCUT2D eigenvalue weighted by atomic mass is 16.5. The van der Waals surface area contributed by atoms with E-state index in [1.165, 1.54) is 19.3 Å². The number of ether oxygens (including phenoxy) is 1. The summed E-state index contributed by atoms with van der Waals surface area (Å²) in [6, 6.07) is 7.92. The molecule has 4 bridgehead atoms. The molecule has 136 valence electrons. The second kappa shape index (κ2) is 5.93. The van der Waals surface area contributed by atoms with Crippen molar-refractivity contribution >= 4 is 5.97 Å². The van der Waals surface area contributed by atoms with Gasteiger partial charge in [0.15, 0.2) is 6.61 Å². The third-order valence-corrected chi connectivity index (χ3v) is 6.53. The molecular weight excluding hydrogens is 328 g/mol. The largest absolute Gasteiger partial charge is 0.455 e. The second-order valence-corrected chi connectivity index (χ2v) is 8.64. The Morgan fingerprint density at radius 2 is 1.85 bits per heavy atom. The number of esters is 1. The Bertz CT molecular complexity index is 806. The predicted molar refractivity (Wildman–Crippen MR) is 94.9 cm³/mol. The fourth-order valence-electron chi connectivity index (χ4n) is 5.85. The van der Waals surface area contributed by atoms with Gasteiger partial charge in [-0.3, -0.25) is 4.79 Å². The highest BCUT2D eigenvalue weighted by Crippen LogP contribution is 2.60. The Morgan fingerprint density at radius 1 is 1.15 bits per heavy atom. The quantitative estimate of drug-likeness (QED) is 0.767. The summed E-state index contributed by atoms with van der Waals surface area (Å²) in [5.41, 5.74) is 1.78. The van der Waals surface area contributed by atoms with Crippen LogP contribution in [0.25, 0.3) is 11.5 Å². The van der Waals surface area contributed by atoms with Gasteiger partial charge in [-0.05, 0) is 75.3 Å². The molecule has 0 N–H and O–H groups in total. The lowest BCUT2D eigenvalue weighted by Crippen LogP contribution is -2.50. The average molecular weight is 352 g/mol. The minimum Gasteiger partial charge on any atom is -0.455 e. The first-order chi connectivity index (χ1) is 12.6. The molecule has 2 aromatic rings. The minimum atomic E-state index is -0.242. The maximum absolute atomic E-state index is 12.9. The molecule has 1 aromatic carbocycles. The van der Waals surface area contributed by atoms with Crippen molar-refractivity contribution in [2.45, 2.75) is 52.1 Å². The Balaban J connectivity index is 1.26. The smallest absolute Gasteiger partial charge is 0.312 e. The molecule has 4 aliphatic rings. The number of carbonyl (C=O) groups excluding carboxylic acids is 1. The molecule has 5 nitrogen and oxygen atoms in total. The number of nitrogens with zero attached hydrogens (tertiary/aromatic N) is 2. The van der Waals surface area contributed by atoms with E-state index in [0.717, 1.165) is 48.1 Å². The van der Waals surface area contributed by atoms with Gasteiger partial charge in [0.05, 0.1) is 5.41 Å². The summed E-state index contributed by atoms with van der Waals surface area (Å²) in [5.74, 6) is 2.96. The van der Waals surface area contributed by atoms with Crippen molar-refractivity contribution in [3.05, 3.63) is 35.7 Å². The molecule has 0 saturated heterocycles. The molecule has 0 amide bonds. The summed E-state index contributed by atoms with van der Waals surface area (Å²) in [6.45, 7) is 2.09. The van der Waals surface area contributed by atoms with Crippen LogP contribution in [0, 0.1) is 30.1 Å². The molecular formula is C21H24N2O3. The molecule has 4 saturated carbocycles. The van der Waals surface area contributed by atoms with E-state index in [1.54, 1.807) is 0 Å². The van der Waals surface area contributed by atoms with Crippen molar-refractivity contribution in [1.82, 2.24) is 10.2 Å². The van der Waals surface area contributed by atoms with Crippen LogP contribution in [0.15, 0.2) is 28.7 Å². The van der Waals surface area contributed by atoms with E-state index < -0.39 is 0 Å². The first kappa shape index (κ1) is 16.0. The molecule has 5 heteroatoms. The number of hydrogen-bond acceptors (Lipinski definition) is 5. The minimum absolute atomic E-state index is 0.0492. The van der Waals surface area contributed by atoms with Gasteiger partial charge in [0, 0.05) is 5.56 Å². The van der Waals surface area contributed by atoms with Crippen molar-refractivity contribution in [2.75, 3.05) is 0 Å². The molecule has 0 atom stereocenters. The lowest BCUT2D eigenvalue weighted by Gasteiger charge is -2.55. The van der Waals surface area contributed by atoms with Gasteiger partial charge in [-0.25, -0.2) is 0 Å². The zero-order valence-electron chi connectivity index (χ0n) is 15.1. The Kier molecular flexibility index (Phi) is 3.66. The molecule has 4 fully saturated rings.